The summed E-state index contributed by atoms with van der Waals surface area (Å²) >= 11 is 0. The first-order valence-corrected chi connectivity index (χ1v) is 10.3. The Bertz CT molecular complexity index is 926. The highest BCUT2D eigenvalue weighted by atomic mass is 32.2. The van der Waals surface area contributed by atoms with Crippen molar-refractivity contribution in [3.05, 3.63) is 60.2 Å². The van der Waals surface area contributed by atoms with Crippen molar-refractivity contribution < 1.29 is 22.7 Å². The van der Waals surface area contributed by atoms with Crippen molar-refractivity contribution in [2.75, 3.05) is 23.0 Å². The van der Waals surface area contributed by atoms with E-state index in [1.807, 2.05) is 6.07 Å². The van der Waals surface area contributed by atoms with Gasteiger partial charge < -0.3 is 15.4 Å². The molecule has 2 amide bonds. The zero-order chi connectivity index (χ0) is 19.4. The molecule has 7 nitrogen and oxygen atoms in total. The Morgan fingerprint density at radius 1 is 1.07 bits per heavy atom. The summed E-state index contributed by atoms with van der Waals surface area (Å²) in [5.41, 5.74) is 6.17. The number of nitrogens with two attached hydrogens (primary N) is 1. The lowest BCUT2D eigenvalue weighted by Crippen LogP contribution is -2.43. The van der Waals surface area contributed by atoms with Gasteiger partial charge in [-0.2, -0.15) is 0 Å². The van der Waals surface area contributed by atoms with Crippen LogP contribution in [0.5, 0.6) is 5.75 Å². The zero-order valence-corrected chi connectivity index (χ0v) is 15.4. The average Bonchev–Trinajstić information content (AvgIpc) is 3.00. The molecule has 142 valence electrons. The summed E-state index contributed by atoms with van der Waals surface area (Å²) in [6.45, 7) is -0.249. The van der Waals surface area contributed by atoms with Gasteiger partial charge >= 0.3 is 0 Å². The molecule has 0 aliphatic carbocycles. The summed E-state index contributed by atoms with van der Waals surface area (Å²) in [5, 5.41) is 0. The van der Waals surface area contributed by atoms with E-state index < -0.39 is 21.8 Å². The Morgan fingerprint density at radius 2 is 1.74 bits per heavy atom. The number of hydrogen-bond donors (Lipinski definition) is 1. The molecule has 1 aliphatic rings. The molecule has 0 saturated carbocycles. The molecule has 0 spiro atoms. The van der Waals surface area contributed by atoms with E-state index in [0.717, 1.165) is 0 Å². The Kier molecular flexibility index (Phi) is 5.46. The minimum Gasteiger partial charge on any atom is -0.484 e. The summed E-state index contributed by atoms with van der Waals surface area (Å²) in [5.74, 6) is -0.442. The number of anilines is 1. The third-order valence-electron chi connectivity index (χ3n) is 4.38. The molecule has 0 bridgehead atoms. The number of sulfone groups is 1. The van der Waals surface area contributed by atoms with Gasteiger partial charge in [-0.05, 0) is 42.8 Å². The lowest BCUT2D eigenvalue weighted by atomic mass is 10.2. The monoisotopic (exact) mass is 388 g/mol. The first kappa shape index (κ1) is 18.9. The van der Waals surface area contributed by atoms with Gasteiger partial charge in [0.25, 0.3) is 5.91 Å². The fourth-order valence-electron chi connectivity index (χ4n) is 3.06. The van der Waals surface area contributed by atoms with Crippen LogP contribution < -0.4 is 15.4 Å². The normalized spacial score (nSPS) is 18.0. The minimum absolute atomic E-state index is 0.0546. The van der Waals surface area contributed by atoms with E-state index in [4.69, 9.17) is 10.5 Å². The first-order valence-electron chi connectivity index (χ1n) is 8.46. The molecular formula is C19H20N2O5S. The van der Waals surface area contributed by atoms with Crippen LogP contribution >= 0.6 is 0 Å². The van der Waals surface area contributed by atoms with Gasteiger partial charge in [-0.1, -0.05) is 18.2 Å². The van der Waals surface area contributed by atoms with Gasteiger partial charge in [-0.3, -0.25) is 9.59 Å². The number of amides is 2. The van der Waals surface area contributed by atoms with Crippen LogP contribution in [0, 0.1) is 0 Å². The topological polar surface area (TPSA) is 107 Å². The molecule has 1 unspecified atom stereocenters. The summed E-state index contributed by atoms with van der Waals surface area (Å²) in [7, 11) is -3.14. The Labute approximate surface area is 157 Å². The predicted molar refractivity (Wildman–Crippen MR) is 101 cm³/mol. The summed E-state index contributed by atoms with van der Waals surface area (Å²) in [6, 6.07) is 14.7. The molecule has 0 aromatic heterocycles. The van der Waals surface area contributed by atoms with Gasteiger partial charge in [0, 0.05) is 11.3 Å². The maximum atomic E-state index is 12.8. The number of nitrogens with zero attached hydrogens (tertiary/aromatic N) is 1. The molecule has 1 heterocycles. The molecule has 2 aromatic carbocycles. The Hall–Kier alpha value is -2.87. The molecule has 3 rings (SSSR count). The van der Waals surface area contributed by atoms with Crippen LogP contribution in [0.2, 0.25) is 0 Å². The molecular weight excluding hydrogens is 368 g/mol. The molecule has 0 radical (unpaired) electrons. The third kappa shape index (κ3) is 4.65. The van der Waals surface area contributed by atoms with E-state index in [9.17, 15) is 18.0 Å². The SMILES string of the molecule is NC(=O)c1ccc(OCC(=O)N(c2ccccc2)C2CCS(=O)(=O)C2)cc1. The van der Waals surface area contributed by atoms with Crippen molar-refractivity contribution >= 4 is 27.3 Å². The van der Waals surface area contributed by atoms with Crippen LogP contribution in [0.3, 0.4) is 0 Å². The second-order valence-electron chi connectivity index (χ2n) is 6.33. The number of carbonyl (C=O) groups is 2. The van der Waals surface area contributed by atoms with Gasteiger partial charge in [0.1, 0.15) is 5.75 Å². The second kappa shape index (κ2) is 7.79. The highest BCUT2D eigenvalue weighted by Gasteiger charge is 2.35. The van der Waals surface area contributed by atoms with Crippen molar-refractivity contribution in [1.82, 2.24) is 0 Å². The fraction of sp³-hybridized carbons (Fsp3) is 0.263. The van der Waals surface area contributed by atoms with Crippen LogP contribution in [0.25, 0.3) is 0 Å². The number of benzene rings is 2. The highest BCUT2D eigenvalue weighted by Crippen LogP contribution is 2.25. The molecule has 2 aromatic rings. The predicted octanol–water partition coefficient (Wildman–Crippen LogP) is 1.38. The molecule has 1 saturated heterocycles. The number of primary amides is 1. The van der Waals surface area contributed by atoms with Crippen LogP contribution in [-0.4, -0.2) is 44.4 Å². The zero-order valence-electron chi connectivity index (χ0n) is 14.6. The van der Waals surface area contributed by atoms with Crippen molar-refractivity contribution in [2.45, 2.75) is 12.5 Å². The van der Waals surface area contributed by atoms with Gasteiger partial charge in [0.2, 0.25) is 5.91 Å². The quantitative estimate of drug-likeness (QED) is 0.805. The van der Waals surface area contributed by atoms with E-state index in [1.165, 1.54) is 17.0 Å². The van der Waals surface area contributed by atoms with Gasteiger partial charge in [0.15, 0.2) is 16.4 Å². The van der Waals surface area contributed by atoms with Gasteiger partial charge in [0.05, 0.1) is 17.5 Å². The molecule has 1 fully saturated rings. The van der Waals surface area contributed by atoms with Crippen molar-refractivity contribution in [3.63, 3.8) is 0 Å². The van der Waals surface area contributed by atoms with Crippen LogP contribution in [0.15, 0.2) is 54.6 Å². The Balaban J connectivity index is 1.74. The summed E-state index contributed by atoms with van der Waals surface area (Å²) < 4.78 is 29.2. The molecule has 8 heteroatoms. The summed E-state index contributed by atoms with van der Waals surface area (Å²) in [6.07, 6.45) is 0.399. The van der Waals surface area contributed by atoms with E-state index in [2.05, 4.69) is 0 Å². The number of carbonyl (C=O) groups excluding carboxylic acids is 2. The smallest absolute Gasteiger partial charge is 0.265 e. The molecule has 1 atom stereocenters. The second-order valence-corrected chi connectivity index (χ2v) is 8.56. The van der Waals surface area contributed by atoms with Crippen LogP contribution in [0.4, 0.5) is 5.69 Å². The number of rotatable bonds is 6. The molecule has 27 heavy (non-hydrogen) atoms. The van der Waals surface area contributed by atoms with Crippen molar-refractivity contribution in [2.24, 2.45) is 5.73 Å². The fourth-order valence-corrected chi connectivity index (χ4v) is 4.76. The standard InChI is InChI=1S/C19H20N2O5S/c20-19(23)14-6-8-17(9-7-14)26-12-18(22)21(15-4-2-1-3-5-15)16-10-11-27(24,25)13-16/h1-9,16H,10-13H2,(H2,20,23). The molecule has 2 N–H and O–H groups in total. The van der Waals surface area contributed by atoms with Crippen molar-refractivity contribution in [3.8, 4) is 5.75 Å². The van der Waals surface area contributed by atoms with Crippen molar-refractivity contribution in [1.29, 1.82) is 0 Å². The average molecular weight is 388 g/mol. The van der Waals surface area contributed by atoms with E-state index in [1.54, 1.807) is 36.4 Å². The van der Waals surface area contributed by atoms with Crippen LogP contribution in [0.1, 0.15) is 16.8 Å². The molecule has 1 aliphatic heterocycles. The van der Waals surface area contributed by atoms with Gasteiger partial charge in [-0.25, -0.2) is 8.42 Å². The van der Waals surface area contributed by atoms with E-state index in [0.29, 0.717) is 23.4 Å². The first-order chi connectivity index (χ1) is 12.9. The van der Waals surface area contributed by atoms with E-state index in [-0.39, 0.29) is 24.0 Å². The number of hydrogen-bond acceptors (Lipinski definition) is 5. The summed E-state index contributed by atoms with van der Waals surface area (Å²) in [4.78, 5) is 25.4. The third-order valence-corrected chi connectivity index (χ3v) is 6.13. The van der Waals surface area contributed by atoms with Crippen LogP contribution in [-0.2, 0) is 14.6 Å². The van der Waals surface area contributed by atoms with Gasteiger partial charge in [-0.15, -0.1) is 0 Å². The maximum Gasteiger partial charge on any atom is 0.265 e. The number of ether oxygens (including phenoxy) is 1. The largest absolute Gasteiger partial charge is 0.484 e. The maximum absolute atomic E-state index is 12.8. The lowest BCUT2D eigenvalue weighted by molar-refractivity contribution is -0.121. The Morgan fingerprint density at radius 3 is 2.30 bits per heavy atom. The minimum atomic E-state index is -3.14. The lowest BCUT2D eigenvalue weighted by Gasteiger charge is -2.28. The number of para-hydroxylation sites is 1. The van der Waals surface area contributed by atoms with E-state index >= 15 is 0 Å². The highest BCUT2D eigenvalue weighted by molar-refractivity contribution is 7.91.